The molecule has 2 nitrogen and oxygen atoms in total. The zero-order chi connectivity index (χ0) is 21.1. The van der Waals surface area contributed by atoms with Crippen molar-refractivity contribution in [1.82, 2.24) is 0 Å². The molecular formula is C28H38O2. The largest absolute Gasteiger partial charge is 0.393 e. The van der Waals surface area contributed by atoms with Gasteiger partial charge in [-0.1, -0.05) is 55.8 Å². The van der Waals surface area contributed by atoms with Crippen LogP contribution < -0.4 is 0 Å². The van der Waals surface area contributed by atoms with E-state index < -0.39 is 0 Å². The summed E-state index contributed by atoms with van der Waals surface area (Å²) in [6, 6.07) is 10.7. The molecule has 2 heteroatoms. The molecule has 0 bridgehead atoms. The molecule has 30 heavy (non-hydrogen) atoms. The minimum atomic E-state index is -0.211. The first-order chi connectivity index (χ1) is 14.3. The number of allylic oxidation sites excluding steroid dienone is 1. The van der Waals surface area contributed by atoms with Crippen molar-refractivity contribution in [1.29, 1.82) is 0 Å². The predicted molar refractivity (Wildman–Crippen MR) is 121 cm³/mol. The van der Waals surface area contributed by atoms with E-state index in [4.69, 9.17) is 0 Å². The van der Waals surface area contributed by atoms with Crippen molar-refractivity contribution in [3.63, 3.8) is 0 Å². The lowest BCUT2D eigenvalue weighted by atomic mass is 9.45. The Hall–Kier alpha value is -1.41. The summed E-state index contributed by atoms with van der Waals surface area (Å²) >= 11 is 0. The second-order valence-corrected chi connectivity index (χ2v) is 11.5. The van der Waals surface area contributed by atoms with E-state index >= 15 is 0 Å². The van der Waals surface area contributed by atoms with E-state index in [2.05, 4.69) is 50.3 Å². The fourth-order valence-corrected chi connectivity index (χ4v) is 8.71. The van der Waals surface area contributed by atoms with Crippen molar-refractivity contribution >= 4 is 5.78 Å². The molecule has 0 spiro atoms. The molecule has 162 valence electrons. The number of aliphatic hydroxyl groups is 1. The smallest absolute Gasteiger partial charge is 0.136 e. The number of rotatable bonds is 3. The number of fused-ring (bicyclic) bond motifs is 5. The van der Waals surface area contributed by atoms with Crippen molar-refractivity contribution in [2.24, 2.45) is 34.0 Å². The standard InChI is InChI=1S/C28H38O2/c1-19(29)28(18-20-7-5-4-6-8-20)16-13-25-23-10-9-21-17-22(30)11-14-26(21,2)24(23)12-15-27(25,28)3/h4-9,22-25,30H,10-18H2,1-3H3/t22-,23+,24-,25-,26-,27-,28-/m0/s1. The first kappa shape index (κ1) is 20.5. The van der Waals surface area contributed by atoms with Gasteiger partial charge < -0.3 is 5.11 Å². The normalized spacial score (nSPS) is 45.1. The monoisotopic (exact) mass is 406 g/mol. The lowest BCUT2D eigenvalue weighted by Crippen LogP contribution is -2.54. The third kappa shape index (κ3) is 2.75. The Balaban J connectivity index is 1.50. The van der Waals surface area contributed by atoms with Gasteiger partial charge in [-0.3, -0.25) is 4.79 Å². The van der Waals surface area contributed by atoms with Gasteiger partial charge in [-0.05, 0) is 98.9 Å². The van der Waals surface area contributed by atoms with Crippen LogP contribution in [0.4, 0.5) is 0 Å². The Morgan fingerprint density at radius 1 is 1.03 bits per heavy atom. The van der Waals surface area contributed by atoms with Crippen LogP contribution >= 0.6 is 0 Å². The van der Waals surface area contributed by atoms with Gasteiger partial charge >= 0.3 is 0 Å². The fourth-order valence-electron chi connectivity index (χ4n) is 8.71. The van der Waals surface area contributed by atoms with Crippen molar-refractivity contribution < 1.29 is 9.90 Å². The van der Waals surface area contributed by atoms with Crippen molar-refractivity contribution in [3.05, 3.63) is 47.5 Å². The van der Waals surface area contributed by atoms with E-state index in [9.17, 15) is 9.90 Å². The summed E-state index contributed by atoms with van der Waals surface area (Å²) in [6.07, 6.45) is 12.0. The summed E-state index contributed by atoms with van der Waals surface area (Å²) in [5.41, 5.74) is 3.01. The molecule has 3 saturated carbocycles. The number of aliphatic hydroxyl groups excluding tert-OH is 1. The van der Waals surface area contributed by atoms with Crippen LogP contribution in [0.3, 0.4) is 0 Å². The Morgan fingerprint density at radius 2 is 1.77 bits per heavy atom. The lowest BCUT2D eigenvalue weighted by Gasteiger charge is -2.59. The molecule has 1 N–H and O–H groups in total. The Bertz CT molecular complexity index is 857. The number of benzene rings is 1. The Kier molecular flexibility index (Phi) is 4.82. The highest BCUT2D eigenvalue weighted by atomic mass is 16.3. The van der Waals surface area contributed by atoms with Gasteiger partial charge in [-0.2, -0.15) is 0 Å². The molecule has 1 aromatic rings. The van der Waals surface area contributed by atoms with E-state index in [1.54, 1.807) is 0 Å². The highest BCUT2D eigenvalue weighted by molar-refractivity contribution is 5.84. The lowest BCUT2D eigenvalue weighted by molar-refractivity contribution is -0.140. The highest BCUT2D eigenvalue weighted by Gasteiger charge is 2.65. The van der Waals surface area contributed by atoms with Crippen molar-refractivity contribution in [2.75, 3.05) is 0 Å². The van der Waals surface area contributed by atoms with E-state index in [1.807, 2.05) is 6.92 Å². The molecule has 5 rings (SSSR count). The second kappa shape index (κ2) is 7.05. The number of carbonyl (C=O) groups excluding carboxylic acids is 1. The zero-order valence-corrected chi connectivity index (χ0v) is 19.0. The quantitative estimate of drug-likeness (QED) is 0.613. The summed E-state index contributed by atoms with van der Waals surface area (Å²) in [7, 11) is 0. The van der Waals surface area contributed by atoms with Crippen LogP contribution in [0.1, 0.15) is 77.7 Å². The number of hydrogen-bond donors (Lipinski definition) is 1. The molecule has 4 aliphatic rings. The van der Waals surface area contributed by atoms with Crippen LogP contribution in [-0.2, 0) is 11.2 Å². The number of hydrogen-bond acceptors (Lipinski definition) is 2. The van der Waals surface area contributed by atoms with Gasteiger partial charge in [0.15, 0.2) is 0 Å². The molecule has 0 heterocycles. The van der Waals surface area contributed by atoms with Crippen LogP contribution in [0.2, 0.25) is 0 Å². The van der Waals surface area contributed by atoms with Gasteiger partial charge in [-0.25, -0.2) is 0 Å². The second-order valence-electron chi connectivity index (χ2n) is 11.5. The molecule has 0 unspecified atom stereocenters. The molecule has 0 aliphatic heterocycles. The minimum absolute atomic E-state index is 0.103. The number of Topliss-reactive ketones (excluding diaryl/α,β-unsaturated/α-hetero) is 1. The summed E-state index contributed by atoms with van der Waals surface area (Å²) in [5, 5.41) is 10.2. The minimum Gasteiger partial charge on any atom is -0.393 e. The van der Waals surface area contributed by atoms with Crippen LogP contribution in [0.5, 0.6) is 0 Å². The highest BCUT2D eigenvalue weighted by Crippen LogP contribution is 2.70. The maximum Gasteiger partial charge on any atom is 0.136 e. The first-order valence-corrected chi connectivity index (χ1v) is 12.2. The molecule has 0 aromatic heterocycles. The molecule has 1 aromatic carbocycles. The molecule has 7 atom stereocenters. The SMILES string of the molecule is CC(=O)[C@@]1(Cc2ccccc2)CC[C@H]2[C@@H]3CC=C4C[C@@H](O)CC[C@]4(C)[C@H]3CC[C@@]21C. The Labute approximate surface area is 182 Å². The Morgan fingerprint density at radius 3 is 2.50 bits per heavy atom. The molecular weight excluding hydrogens is 368 g/mol. The molecule has 0 radical (unpaired) electrons. The number of carbonyl (C=O) groups is 1. The molecule has 0 amide bonds. The van der Waals surface area contributed by atoms with Gasteiger partial charge in [-0.15, -0.1) is 0 Å². The number of ketones is 1. The van der Waals surface area contributed by atoms with Gasteiger partial charge in [0.1, 0.15) is 5.78 Å². The van der Waals surface area contributed by atoms with Crippen LogP contribution in [0.15, 0.2) is 42.0 Å². The topological polar surface area (TPSA) is 37.3 Å². The maximum atomic E-state index is 13.3. The van der Waals surface area contributed by atoms with E-state index in [-0.39, 0.29) is 22.3 Å². The van der Waals surface area contributed by atoms with Crippen molar-refractivity contribution in [2.45, 2.75) is 84.7 Å². The van der Waals surface area contributed by atoms with Gasteiger partial charge in [0.25, 0.3) is 0 Å². The van der Waals surface area contributed by atoms with E-state index in [0.717, 1.165) is 44.4 Å². The summed E-state index contributed by atoms with van der Waals surface area (Å²) in [6.45, 7) is 6.82. The van der Waals surface area contributed by atoms with E-state index in [1.165, 1.54) is 30.4 Å². The third-order valence-electron chi connectivity index (χ3n) is 10.5. The van der Waals surface area contributed by atoms with E-state index in [0.29, 0.717) is 17.6 Å². The van der Waals surface area contributed by atoms with Crippen LogP contribution in [0, 0.1) is 34.0 Å². The van der Waals surface area contributed by atoms with Gasteiger partial charge in [0, 0.05) is 5.41 Å². The fraction of sp³-hybridized carbons (Fsp3) is 0.679. The van der Waals surface area contributed by atoms with Gasteiger partial charge in [0.2, 0.25) is 0 Å². The average Bonchev–Trinajstić information content (AvgIpc) is 3.03. The van der Waals surface area contributed by atoms with Crippen LogP contribution in [0.25, 0.3) is 0 Å². The first-order valence-electron chi connectivity index (χ1n) is 12.2. The average molecular weight is 407 g/mol. The van der Waals surface area contributed by atoms with Crippen LogP contribution in [-0.4, -0.2) is 17.0 Å². The molecule has 4 aliphatic carbocycles. The zero-order valence-electron chi connectivity index (χ0n) is 19.0. The molecule has 3 fully saturated rings. The summed E-state index contributed by atoms with van der Waals surface area (Å²) in [5.74, 6) is 2.48. The maximum absolute atomic E-state index is 13.3. The third-order valence-corrected chi connectivity index (χ3v) is 10.5. The summed E-state index contributed by atoms with van der Waals surface area (Å²) in [4.78, 5) is 13.3. The molecule has 0 saturated heterocycles. The van der Waals surface area contributed by atoms with Gasteiger partial charge in [0.05, 0.1) is 6.10 Å². The van der Waals surface area contributed by atoms with Crippen molar-refractivity contribution in [3.8, 4) is 0 Å². The summed E-state index contributed by atoms with van der Waals surface area (Å²) < 4.78 is 0. The predicted octanol–water partition coefficient (Wildman–Crippen LogP) is 6.13.